The summed E-state index contributed by atoms with van der Waals surface area (Å²) in [5.41, 5.74) is 4.50. The minimum atomic E-state index is 0.0336. The number of rotatable bonds is 11. The Balaban J connectivity index is 0.985. The standard InChI is InChI=1S/C31H35N7O2S/c1-2-40-26-11-9-24(10-12-26)33-21-25-6-5-17-38(25)31-36-35-30(41-31)37-18-14-22(15-19-37)29(39)32-16-13-23-20-34-28-8-4-3-7-27(23)28/h3-12,17,20,22,33-34H,2,13-16,18-19,21H2,1H3,(H,32,39). The zero-order valence-corrected chi connectivity index (χ0v) is 24.0. The molecule has 0 saturated carbocycles. The number of piperidine rings is 1. The van der Waals surface area contributed by atoms with Crippen LogP contribution in [0.3, 0.4) is 0 Å². The van der Waals surface area contributed by atoms with Gasteiger partial charge in [0.2, 0.25) is 16.2 Å². The van der Waals surface area contributed by atoms with E-state index >= 15 is 0 Å². The third kappa shape index (κ3) is 6.22. The summed E-state index contributed by atoms with van der Waals surface area (Å²) >= 11 is 1.58. The molecule has 0 spiro atoms. The largest absolute Gasteiger partial charge is 0.494 e. The molecule has 0 radical (unpaired) electrons. The highest BCUT2D eigenvalue weighted by Crippen LogP contribution is 2.29. The van der Waals surface area contributed by atoms with E-state index < -0.39 is 0 Å². The van der Waals surface area contributed by atoms with Crippen LogP contribution in [0.1, 0.15) is 31.0 Å². The number of nitrogens with one attached hydrogen (secondary N) is 3. The summed E-state index contributed by atoms with van der Waals surface area (Å²) in [5, 5.41) is 18.6. The van der Waals surface area contributed by atoms with Crippen molar-refractivity contribution in [3.05, 3.63) is 84.3 Å². The van der Waals surface area contributed by atoms with E-state index in [0.29, 0.717) is 19.7 Å². The molecule has 6 rings (SSSR count). The maximum Gasteiger partial charge on any atom is 0.223 e. The van der Waals surface area contributed by atoms with E-state index in [1.165, 1.54) is 10.9 Å². The van der Waals surface area contributed by atoms with Gasteiger partial charge in [-0.2, -0.15) is 0 Å². The van der Waals surface area contributed by atoms with Crippen LogP contribution in [0.25, 0.3) is 16.0 Å². The van der Waals surface area contributed by atoms with Gasteiger partial charge in [-0.15, -0.1) is 10.2 Å². The first-order valence-corrected chi connectivity index (χ1v) is 15.0. The number of nitrogens with zero attached hydrogens (tertiary/aromatic N) is 4. The number of carbonyl (C=O) groups is 1. The molecule has 5 aromatic rings. The van der Waals surface area contributed by atoms with E-state index in [9.17, 15) is 4.79 Å². The second kappa shape index (κ2) is 12.5. The van der Waals surface area contributed by atoms with Crippen LogP contribution in [0.15, 0.2) is 73.1 Å². The Morgan fingerprint density at radius 1 is 1.05 bits per heavy atom. The number of hydrogen-bond acceptors (Lipinski definition) is 7. The molecule has 0 bridgehead atoms. The number of ether oxygens (including phenoxy) is 1. The molecule has 4 heterocycles. The van der Waals surface area contributed by atoms with Crippen molar-refractivity contribution < 1.29 is 9.53 Å². The summed E-state index contributed by atoms with van der Waals surface area (Å²) in [7, 11) is 0. The molecule has 10 heteroatoms. The number of carbonyl (C=O) groups excluding carboxylic acids is 1. The molecule has 0 unspecified atom stereocenters. The average Bonchev–Trinajstić information content (AvgIpc) is 3.77. The highest BCUT2D eigenvalue weighted by molar-refractivity contribution is 7.17. The predicted molar refractivity (Wildman–Crippen MR) is 164 cm³/mol. The van der Waals surface area contributed by atoms with Crippen LogP contribution < -0.4 is 20.3 Å². The summed E-state index contributed by atoms with van der Waals surface area (Å²) in [6.45, 7) is 5.55. The van der Waals surface area contributed by atoms with Gasteiger partial charge in [-0.25, -0.2) is 0 Å². The van der Waals surface area contributed by atoms with Crippen LogP contribution in [0.5, 0.6) is 5.75 Å². The number of hydrogen-bond donors (Lipinski definition) is 3. The number of fused-ring (bicyclic) bond motifs is 1. The molecule has 3 aromatic heterocycles. The molecule has 0 atom stereocenters. The molecule has 1 saturated heterocycles. The SMILES string of the molecule is CCOc1ccc(NCc2cccn2-c2nnc(N3CCC(C(=O)NCCc4c[nH]c5ccccc45)CC3)s2)cc1. The van der Waals surface area contributed by atoms with Crippen LogP contribution in [0.4, 0.5) is 10.8 Å². The summed E-state index contributed by atoms with van der Waals surface area (Å²) in [6.07, 6.45) is 6.51. The molecule has 1 aliphatic heterocycles. The zero-order valence-electron chi connectivity index (χ0n) is 23.2. The summed E-state index contributed by atoms with van der Waals surface area (Å²) in [4.78, 5) is 18.4. The van der Waals surface area contributed by atoms with Crippen molar-refractivity contribution in [2.45, 2.75) is 32.7 Å². The highest BCUT2D eigenvalue weighted by Gasteiger charge is 2.27. The lowest BCUT2D eigenvalue weighted by Gasteiger charge is -2.30. The Morgan fingerprint density at radius 2 is 1.85 bits per heavy atom. The summed E-state index contributed by atoms with van der Waals surface area (Å²) < 4.78 is 7.61. The molecule has 2 aromatic carbocycles. The van der Waals surface area contributed by atoms with Gasteiger partial charge >= 0.3 is 0 Å². The quantitative estimate of drug-likeness (QED) is 0.197. The first-order valence-electron chi connectivity index (χ1n) is 14.2. The Labute approximate surface area is 243 Å². The highest BCUT2D eigenvalue weighted by atomic mass is 32.1. The van der Waals surface area contributed by atoms with E-state index in [2.05, 4.69) is 53.5 Å². The third-order valence-corrected chi connectivity index (χ3v) is 8.57. The lowest BCUT2D eigenvalue weighted by molar-refractivity contribution is -0.125. The van der Waals surface area contributed by atoms with Crippen molar-refractivity contribution in [3.8, 4) is 10.9 Å². The van der Waals surface area contributed by atoms with Crippen LogP contribution in [-0.4, -0.2) is 51.9 Å². The molecular formula is C31H35N7O2S. The maximum atomic E-state index is 12.9. The fourth-order valence-corrected chi connectivity index (χ4v) is 6.26. The predicted octanol–water partition coefficient (Wildman–Crippen LogP) is 5.40. The number of benzene rings is 2. The second-order valence-electron chi connectivity index (χ2n) is 10.2. The van der Waals surface area contributed by atoms with Crippen molar-refractivity contribution in [2.75, 3.05) is 36.5 Å². The monoisotopic (exact) mass is 569 g/mol. The van der Waals surface area contributed by atoms with Gasteiger partial charge < -0.3 is 25.3 Å². The minimum absolute atomic E-state index is 0.0336. The average molecular weight is 570 g/mol. The van der Waals surface area contributed by atoms with Crippen molar-refractivity contribution in [2.24, 2.45) is 5.92 Å². The van der Waals surface area contributed by atoms with Gasteiger partial charge in [-0.05, 0) is 74.2 Å². The Hall–Kier alpha value is -4.31. The summed E-state index contributed by atoms with van der Waals surface area (Å²) in [5.74, 6) is 1.06. The molecule has 1 fully saturated rings. The maximum absolute atomic E-state index is 12.9. The van der Waals surface area contributed by atoms with Gasteiger partial charge in [0.05, 0.1) is 13.2 Å². The molecule has 1 aliphatic rings. The Kier molecular flexibility index (Phi) is 8.18. The normalized spacial score (nSPS) is 13.9. The molecule has 1 amide bonds. The van der Waals surface area contributed by atoms with Gasteiger partial charge in [0.15, 0.2) is 0 Å². The molecule has 3 N–H and O–H groups in total. The summed E-state index contributed by atoms with van der Waals surface area (Å²) in [6, 6.07) is 20.4. The lowest BCUT2D eigenvalue weighted by atomic mass is 9.96. The van der Waals surface area contributed by atoms with Crippen LogP contribution in [-0.2, 0) is 17.8 Å². The van der Waals surface area contributed by atoms with E-state index in [1.54, 1.807) is 11.3 Å². The molecule has 212 valence electrons. The van der Waals surface area contributed by atoms with Gasteiger partial charge in [-0.3, -0.25) is 9.36 Å². The topological polar surface area (TPSA) is 100 Å². The van der Waals surface area contributed by atoms with Gasteiger partial charge in [0.1, 0.15) is 5.75 Å². The number of aromatic nitrogens is 4. The first-order chi connectivity index (χ1) is 20.2. The molecule has 9 nitrogen and oxygen atoms in total. The van der Waals surface area contributed by atoms with E-state index in [1.807, 2.05) is 61.8 Å². The Morgan fingerprint density at radius 3 is 2.68 bits per heavy atom. The van der Waals surface area contributed by atoms with E-state index in [-0.39, 0.29) is 11.8 Å². The van der Waals surface area contributed by atoms with Crippen molar-refractivity contribution >= 4 is 39.0 Å². The van der Waals surface area contributed by atoms with Crippen LogP contribution in [0.2, 0.25) is 0 Å². The second-order valence-corrected chi connectivity index (χ2v) is 11.1. The van der Waals surface area contributed by atoms with E-state index in [0.717, 1.165) is 65.3 Å². The zero-order chi connectivity index (χ0) is 28.0. The Bertz CT molecular complexity index is 1580. The lowest BCUT2D eigenvalue weighted by Crippen LogP contribution is -2.41. The van der Waals surface area contributed by atoms with E-state index in [4.69, 9.17) is 4.74 Å². The molecule has 41 heavy (non-hydrogen) atoms. The molecule has 0 aliphatic carbocycles. The fourth-order valence-electron chi connectivity index (χ4n) is 5.34. The minimum Gasteiger partial charge on any atom is -0.494 e. The molecular weight excluding hydrogens is 534 g/mol. The first kappa shape index (κ1) is 26.9. The number of para-hydroxylation sites is 1. The number of aromatic amines is 1. The smallest absolute Gasteiger partial charge is 0.223 e. The van der Waals surface area contributed by atoms with Gasteiger partial charge in [-0.1, -0.05) is 29.5 Å². The van der Waals surface area contributed by atoms with Crippen LogP contribution >= 0.6 is 11.3 Å². The number of amides is 1. The van der Waals surface area contributed by atoms with Crippen LogP contribution in [0, 0.1) is 5.92 Å². The number of anilines is 2. The number of H-pyrrole nitrogens is 1. The van der Waals surface area contributed by atoms with Crippen molar-refractivity contribution in [1.29, 1.82) is 0 Å². The van der Waals surface area contributed by atoms with Crippen molar-refractivity contribution in [3.63, 3.8) is 0 Å². The third-order valence-electron chi connectivity index (χ3n) is 7.59. The van der Waals surface area contributed by atoms with Gasteiger partial charge in [0, 0.05) is 60.2 Å². The van der Waals surface area contributed by atoms with Gasteiger partial charge in [0.25, 0.3) is 0 Å². The fraction of sp³-hybridized carbons (Fsp3) is 0.323. The van der Waals surface area contributed by atoms with Crippen molar-refractivity contribution in [1.82, 2.24) is 25.1 Å².